The van der Waals surface area contributed by atoms with Gasteiger partial charge in [0.25, 0.3) is 0 Å². The summed E-state index contributed by atoms with van der Waals surface area (Å²) in [6.07, 6.45) is -9.60. The number of imidazole rings is 1. The second-order valence-electron chi connectivity index (χ2n) is 7.99. The van der Waals surface area contributed by atoms with Crippen molar-refractivity contribution >= 4 is 26.8 Å². The Bertz CT molecular complexity index is 1260. The van der Waals surface area contributed by atoms with E-state index in [4.69, 9.17) is 34.5 Å². The number of ether oxygens (including phenoxy) is 2. The van der Waals surface area contributed by atoms with Crippen molar-refractivity contribution in [3.05, 3.63) is 18.1 Å². The van der Waals surface area contributed by atoms with Gasteiger partial charge in [0.05, 0.1) is 19.5 Å². The summed E-state index contributed by atoms with van der Waals surface area (Å²) in [5.74, 6) is 0. The van der Waals surface area contributed by atoms with E-state index in [0.29, 0.717) is 0 Å². The molecule has 1 unspecified atom stereocenters. The Balaban J connectivity index is 1.57. The highest BCUT2D eigenvalue weighted by molar-refractivity contribution is 7.46. The van der Waals surface area contributed by atoms with Gasteiger partial charge in [-0.2, -0.15) is 0 Å². The van der Waals surface area contributed by atoms with Gasteiger partial charge < -0.3 is 49.5 Å². The summed E-state index contributed by atoms with van der Waals surface area (Å²) >= 11 is 0. The third kappa shape index (κ3) is 5.45. The van der Waals surface area contributed by atoms with Gasteiger partial charge in [0.15, 0.2) is 29.1 Å². The molecule has 4 rings (SSSR count). The van der Waals surface area contributed by atoms with E-state index in [1.807, 2.05) is 0 Å². The zero-order valence-corrected chi connectivity index (χ0v) is 19.7. The number of aromatic nitrogens is 4. The zero-order valence-electron chi connectivity index (χ0n) is 17.9. The molecule has 0 aromatic carbocycles. The van der Waals surface area contributed by atoms with Crippen molar-refractivity contribution in [2.24, 2.45) is 0 Å². The number of nitrogens with zero attached hydrogens (tertiary/aromatic N) is 4. The first-order valence-corrected chi connectivity index (χ1v) is 13.2. The lowest BCUT2D eigenvalue weighted by molar-refractivity contribution is -0.0546. The number of aliphatic hydroxyl groups is 4. The molecule has 2 aliphatic rings. The lowest BCUT2D eigenvalue weighted by Crippen LogP contribution is -2.36. The number of aliphatic hydroxyl groups excluding tert-OH is 4. The van der Waals surface area contributed by atoms with Gasteiger partial charge in [-0.05, 0) is 0 Å². The predicted molar refractivity (Wildman–Crippen MR) is 109 cm³/mol. The lowest BCUT2D eigenvalue weighted by atomic mass is 10.1. The van der Waals surface area contributed by atoms with Crippen LogP contribution in [0.2, 0.25) is 0 Å². The molecule has 4 heterocycles. The first-order chi connectivity index (χ1) is 16.7. The maximum Gasteiger partial charge on any atom is 0.469 e. The number of nitrogens with one attached hydrogen (secondary N) is 1. The Morgan fingerprint density at radius 1 is 0.806 bits per heavy atom. The van der Waals surface area contributed by atoms with Crippen molar-refractivity contribution in [1.82, 2.24) is 19.1 Å². The van der Waals surface area contributed by atoms with Crippen molar-refractivity contribution in [3.63, 3.8) is 0 Å². The summed E-state index contributed by atoms with van der Waals surface area (Å²) in [5.41, 5.74) is -0.475. The van der Waals surface area contributed by atoms with Crippen LogP contribution in [0.15, 0.2) is 12.7 Å². The number of hydrogen-bond donors (Lipinski definition) is 9. The fourth-order valence-corrected chi connectivity index (χ4v) is 4.54. The second kappa shape index (κ2) is 9.90. The Kier molecular flexibility index (Phi) is 7.52. The van der Waals surface area contributed by atoms with E-state index in [-0.39, 0.29) is 16.7 Å². The van der Waals surface area contributed by atoms with Crippen LogP contribution in [-0.4, -0.2) is 109 Å². The van der Waals surface area contributed by atoms with E-state index in [2.05, 4.69) is 19.0 Å². The van der Waals surface area contributed by atoms with Crippen molar-refractivity contribution in [1.29, 1.82) is 5.41 Å². The molecule has 0 aliphatic carbocycles. The van der Waals surface area contributed by atoms with Crippen molar-refractivity contribution < 1.29 is 67.7 Å². The molecule has 0 amide bonds. The fourth-order valence-electron chi connectivity index (χ4n) is 3.86. The first kappa shape index (κ1) is 27.4. The van der Waals surface area contributed by atoms with E-state index in [1.54, 1.807) is 0 Å². The van der Waals surface area contributed by atoms with Crippen LogP contribution in [0.1, 0.15) is 12.5 Å². The van der Waals surface area contributed by atoms with Crippen LogP contribution in [0, 0.1) is 5.41 Å². The number of rotatable bonds is 8. The van der Waals surface area contributed by atoms with Crippen LogP contribution in [0.5, 0.6) is 0 Å². The van der Waals surface area contributed by atoms with E-state index < -0.39 is 77.9 Å². The standard InChI is InChI=1S/C15H23N5O14P2/c16-12-7-13(18-4-19(12)14-10(23)8(21)5(33-14)1-31-35(25,26)27)20(3-17-7)15-11(24)9(22)6(34-15)2-32-36(28,29)30/h3-6,8-11,14-16,21-24H,1-2H2,(H2,25,26,27)(H2,28,29,30)/t5-,6-,8-,9-,10-,11-,14?,15-/m1/s1. The SMILES string of the molecule is N=c1c2ncn([C@@H]3O[C@H](COP(=O)(O)O)[C@@H](O)[C@H]3O)c2ncn1C1O[C@H](COP(=O)(O)O)[C@@H](O)[C@H]1O. The Hall–Kier alpha value is -1.67. The molecule has 0 radical (unpaired) electrons. The molecular formula is C15H23N5O14P2. The monoisotopic (exact) mass is 559 g/mol. The molecule has 0 saturated carbocycles. The molecule has 21 heteroatoms. The van der Waals surface area contributed by atoms with Gasteiger partial charge in [0.2, 0.25) is 0 Å². The second-order valence-corrected chi connectivity index (χ2v) is 10.5. The molecule has 0 bridgehead atoms. The average Bonchev–Trinajstić information content (AvgIpc) is 3.41. The smallest absolute Gasteiger partial charge is 0.387 e. The molecule has 2 fully saturated rings. The highest BCUT2D eigenvalue weighted by Crippen LogP contribution is 2.39. The summed E-state index contributed by atoms with van der Waals surface area (Å²) in [5, 5.41) is 49.5. The highest BCUT2D eigenvalue weighted by Gasteiger charge is 2.46. The molecule has 2 aromatic rings. The minimum absolute atomic E-state index is 0.0153. The van der Waals surface area contributed by atoms with Crippen LogP contribution in [0.4, 0.5) is 0 Å². The molecule has 202 valence electrons. The van der Waals surface area contributed by atoms with Crippen LogP contribution < -0.4 is 5.49 Å². The Morgan fingerprint density at radius 3 is 1.72 bits per heavy atom. The minimum atomic E-state index is -4.87. The minimum Gasteiger partial charge on any atom is -0.387 e. The predicted octanol–water partition coefficient (Wildman–Crippen LogP) is -3.83. The summed E-state index contributed by atoms with van der Waals surface area (Å²) in [6.45, 7) is -1.47. The van der Waals surface area contributed by atoms with Gasteiger partial charge in [-0.15, -0.1) is 0 Å². The van der Waals surface area contributed by atoms with Gasteiger partial charge in [-0.1, -0.05) is 0 Å². The van der Waals surface area contributed by atoms with Gasteiger partial charge in [0, 0.05) is 0 Å². The normalized spacial score (nSPS) is 33.6. The fraction of sp³-hybridized carbons (Fsp3) is 0.667. The molecule has 2 saturated heterocycles. The summed E-state index contributed by atoms with van der Waals surface area (Å²) < 4.78 is 43.5. The Morgan fingerprint density at radius 2 is 1.25 bits per heavy atom. The third-order valence-corrected chi connectivity index (χ3v) is 6.56. The molecule has 19 nitrogen and oxygen atoms in total. The van der Waals surface area contributed by atoms with Crippen molar-refractivity contribution in [2.75, 3.05) is 13.2 Å². The summed E-state index contributed by atoms with van der Waals surface area (Å²) in [4.78, 5) is 43.5. The van der Waals surface area contributed by atoms with Crippen molar-refractivity contribution in [2.45, 2.75) is 49.1 Å². The van der Waals surface area contributed by atoms with Gasteiger partial charge >= 0.3 is 15.6 Å². The number of hydrogen-bond acceptors (Lipinski definition) is 13. The van der Waals surface area contributed by atoms with E-state index in [9.17, 15) is 29.6 Å². The van der Waals surface area contributed by atoms with Crippen LogP contribution in [0.25, 0.3) is 11.2 Å². The number of fused-ring (bicyclic) bond motifs is 1. The molecule has 0 spiro atoms. The van der Waals surface area contributed by atoms with Crippen LogP contribution >= 0.6 is 15.6 Å². The molecule has 36 heavy (non-hydrogen) atoms. The summed E-state index contributed by atoms with van der Waals surface area (Å²) in [6, 6.07) is 0. The number of phosphoric ester groups is 2. The highest BCUT2D eigenvalue weighted by atomic mass is 31.2. The zero-order chi connectivity index (χ0) is 26.6. The topological polar surface area (TPSA) is 292 Å². The van der Waals surface area contributed by atoms with Crippen LogP contribution in [0.3, 0.4) is 0 Å². The largest absolute Gasteiger partial charge is 0.469 e. The van der Waals surface area contributed by atoms with Gasteiger partial charge in [-0.25, -0.2) is 19.1 Å². The quantitative estimate of drug-likeness (QED) is 0.140. The van der Waals surface area contributed by atoms with E-state index in [1.165, 1.54) is 4.57 Å². The molecule has 8 atom stereocenters. The van der Waals surface area contributed by atoms with Gasteiger partial charge in [0.1, 0.15) is 43.0 Å². The van der Waals surface area contributed by atoms with Crippen LogP contribution in [-0.2, 0) is 27.7 Å². The average molecular weight is 559 g/mol. The van der Waals surface area contributed by atoms with Gasteiger partial charge in [-0.3, -0.25) is 23.6 Å². The molecule has 2 aliphatic heterocycles. The summed E-state index contributed by atoms with van der Waals surface area (Å²) in [7, 11) is -9.73. The maximum absolute atomic E-state index is 10.9. The Labute approximate surface area is 200 Å². The van der Waals surface area contributed by atoms with E-state index in [0.717, 1.165) is 17.2 Å². The third-order valence-electron chi connectivity index (χ3n) is 5.59. The maximum atomic E-state index is 10.9. The molecule has 2 aromatic heterocycles. The molecular weight excluding hydrogens is 536 g/mol. The van der Waals surface area contributed by atoms with E-state index >= 15 is 0 Å². The first-order valence-electron chi connectivity index (χ1n) is 10.1. The molecule has 9 N–H and O–H groups in total. The lowest BCUT2D eigenvalue weighted by Gasteiger charge is -2.19. The number of phosphoric acid groups is 2. The van der Waals surface area contributed by atoms with Crippen molar-refractivity contribution in [3.8, 4) is 0 Å².